The molecule has 0 radical (unpaired) electrons. The summed E-state index contributed by atoms with van der Waals surface area (Å²) in [7, 11) is 1.66. The molecule has 1 aromatic rings. The molecule has 0 saturated carbocycles. The average molecular weight is 565 g/mol. The van der Waals surface area contributed by atoms with Gasteiger partial charge in [0.2, 0.25) is 11.8 Å². The molecule has 0 spiro atoms. The van der Waals surface area contributed by atoms with E-state index in [2.05, 4.69) is 24.5 Å². The SMILES string of the molecule is COCCCCOc1ccccc1C(=O)NC[C@H](C[C@H](N)[C@@H](O)C[C@@H](C(=O)NCC(C)C(N)=O)C(C)C)C(C)C. The topological polar surface area (TPSA) is 166 Å². The molecule has 1 unspecified atom stereocenters. The summed E-state index contributed by atoms with van der Waals surface area (Å²) < 4.78 is 10.9. The summed E-state index contributed by atoms with van der Waals surface area (Å²) in [6.07, 6.45) is 1.47. The number of ether oxygens (including phenoxy) is 2. The van der Waals surface area contributed by atoms with E-state index in [-0.39, 0.29) is 42.5 Å². The summed E-state index contributed by atoms with van der Waals surface area (Å²) in [6, 6.07) is 6.58. The predicted octanol–water partition coefficient (Wildman–Crippen LogP) is 2.47. The molecule has 0 heterocycles. The van der Waals surface area contributed by atoms with E-state index in [1.54, 1.807) is 32.2 Å². The molecule has 0 bridgehead atoms. The molecule has 228 valence electrons. The fraction of sp³-hybridized carbons (Fsp3) is 0.700. The largest absolute Gasteiger partial charge is 0.493 e. The number of benzene rings is 1. The maximum absolute atomic E-state index is 13.0. The van der Waals surface area contributed by atoms with Crippen molar-refractivity contribution in [2.45, 2.75) is 72.4 Å². The second kappa shape index (κ2) is 18.6. The summed E-state index contributed by atoms with van der Waals surface area (Å²) in [5.41, 5.74) is 12.2. The van der Waals surface area contributed by atoms with Gasteiger partial charge < -0.3 is 36.7 Å². The fourth-order valence-corrected chi connectivity index (χ4v) is 4.33. The molecular formula is C30H52N4O6. The van der Waals surface area contributed by atoms with Gasteiger partial charge in [-0.1, -0.05) is 46.8 Å². The van der Waals surface area contributed by atoms with Crippen LogP contribution in [-0.4, -0.2) is 68.4 Å². The van der Waals surface area contributed by atoms with Crippen LogP contribution in [0.5, 0.6) is 5.75 Å². The summed E-state index contributed by atoms with van der Waals surface area (Å²) in [6.45, 7) is 11.3. The van der Waals surface area contributed by atoms with E-state index in [1.165, 1.54) is 0 Å². The van der Waals surface area contributed by atoms with Crippen LogP contribution in [-0.2, 0) is 14.3 Å². The molecule has 1 rings (SSSR count). The van der Waals surface area contributed by atoms with Crippen molar-refractivity contribution in [2.75, 3.05) is 33.4 Å². The highest BCUT2D eigenvalue weighted by Gasteiger charge is 2.30. The summed E-state index contributed by atoms with van der Waals surface area (Å²) in [5, 5.41) is 16.7. The molecule has 0 saturated heterocycles. The molecule has 0 aromatic heterocycles. The van der Waals surface area contributed by atoms with Crippen LogP contribution < -0.4 is 26.8 Å². The normalized spacial score (nSPS) is 15.2. The van der Waals surface area contributed by atoms with Crippen molar-refractivity contribution in [3.8, 4) is 5.75 Å². The Labute approximate surface area is 239 Å². The standard InChI is InChI=1S/C30H52N4O6/c1-19(2)22(18-34-29(37)23-11-7-8-12-27(23)40-14-10-9-13-39-6)15-25(31)26(35)16-24(20(3)4)30(38)33-17-21(5)28(32)36/h7-8,11-12,19-22,24-26,35H,9-10,13-18,31H2,1-6H3,(H2,32,36)(H,33,38)(H,34,37)/t21?,22-,24+,25-,26-/m0/s1. The Hall–Kier alpha value is -2.69. The van der Waals surface area contributed by atoms with Crippen molar-refractivity contribution in [3.63, 3.8) is 0 Å². The molecule has 1 aromatic carbocycles. The number of carbonyl (C=O) groups is 3. The van der Waals surface area contributed by atoms with Crippen LogP contribution in [0.25, 0.3) is 0 Å². The zero-order valence-corrected chi connectivity index (χ0v) is 25.2. The first-order valence-electron chi connectivity index (χ1n) is 14.4. The Balaban J connectivity index is 2.72. The van der Waals surface area contributed by atoms with Gasteiger partial charge in [0.1, 0.15) is 5.75 Å². The Morgan fingerprint density at radius 3 is 2.17 bits per heavy atom. The van der Waals surface area contributed by atoms with Crippen LogP contribution in [0.2, 0.25) is 0 Å². The molecule has 40 heavy (non-hydrogen) atoms. The zero-order chi connectivity index (χ0) is 30.2. The minimum atomic E-state index is -0.907. The van der Waals surface area contributed by atoms with Crippen molar-refractivity contribution in [1.82, 2.24) is 10.6 Å². The lowest BCUT2D eigenvalue weighted by Crippen LogP contribution is -2.45. The van der Waals surface area contributed by atoms with Crippen LogP contribution in [0.15, 0.2) is 24.3 Å². The van der Waals surface area contributed by atoms with Gasteiger partial charge in [-0.25, -0.2) is 0 Å². The van der Waals surface area contributed by atoms with E-state index >= 15 is 0 Å². The minimum Gasteiger partial charge on any atom is -0.493 e. The molecule has 5 atom stereocenters. The number of nitrogens with one attached hydrogen (secondary N) is 2. The Kier molecular flexibility index (Phi) is 16.4. The van der Waals surface area contributed by atoms with E-state index in [0.29, 0.717) is 37.5 Å². The number of methoxy groups -OCH3 is 1. The Morgan fingerprint density at radius 2 is 1.57 bits per heavy atom. The van der Waals surface area contributed by atoms with Gasteiger partial charge in [-0.3, -0.25) is 14.4 Å². The fourth-order valence-electron chi connectivity index (χ4n) is 4.33. The second-order valence-corrected chi connectivity index (χ2v) is 11.4. The molecule has 10 nitrogen and oxygen atoms in total. The average Bonchev–Trinajstić information content (AvgIpc) is 2.91. The maximum atomic E-state index is 13.0. The number of hydrogen-bond acceptors (Lipinski definition) is 7. The molecule has 10 heteroatoms. The summed E-state index contributed by atoms with van der Waals surface area (Å²) in [4.78, 5) is 37.1. The number of hydrogen-bond donors (Lipinski definition) is 5. The van der Waals surface area contributed by atoms with E-state index in [1.807, 2.05) is 19.9 Å². The third-order valence-corrected chi connectivity index (χ3v) is 7.37. The van der Waals surface area contributed by atoms with E-state index < -0.39 is 29.9 Å². The molecule has 0 aliphatic rings. The van der Waals surface area contributed by atoms with Crippen molar-refractivity contribution in [2.24, 2.45) is 41.1 Å². The van der Waals surface area contributed by atoms with Crippen LogP contribution in [0.3, 0.4) is 0 Å². The molecular weight excluding hydrogens is 512 g/mol. The van der Waals surface area contributed by atoms with Crippen molar-refractivity contribution in [1.29, 1.82) is 0 Å². The monoisotopic (exact) mass is 564 g/mol. The lowest BCUT2D eigenvalue weighted by molar-refractivity contribution is -0.128. The van der Waals surface area contributed by atoms with Crippen LogP contribution in [0.1, 0.15) is 70.7 Å². The third-order valence-electron chi connectivity index (χ3n) is 7.37. The van der Waals surface area contributed by atoms with Crippen molar-refractivity contribution in [3.05, 3.63) is 29.8 Å². The van der Waals surface area contributed by atoms with Gasteiger partial charge in [-0.2, -0.15) is 0 Å². The molecule has 7 N–H and O–H groups in total. The molecule has 3 amide bonds. The number of aliphatic hydroxyl groups excluding tert-OH is 1. The van der Waals surface area contributed by atoms with E-state index in [0.717, 1.165) is 12.8 Å². The van der Waals surface area contributed by atoms with Crippen molar-refractivity contribution >= 4 is 17.7 Å². The number of nitrogens with two attached hydrogens (primary N) is 2. The van der Waals surface area contributed by atoms with E-state index in [9.17, 15) is 19.5 Å². The highest BCUT2D eigenvalue weighted by molar-refractivity contribution is 5.96. The second-order valence-electron chi connectivity index (χ2n) is 11.4. The molecule has 0 fully saturated rings. The number of primary amides is 1. The molecule has 0 aliphatic heterocycles. The highest BCUT2D eigenvalue weighted by atomic mass is 16.5. The maximum Gasteiger partial charge on any atom is 0.255 e. The third kappa shape index (κ3) is 12.7. The smallest absolute Gasteiger partial charge is 0.255 e. The summed E-state index contributed by atoms with van der Waals surface area (Å²) in [5.74, 6) is -1.18. The van der Waals surface area contributed by atoms with Gasteiger partial charge in [-0.05, 0) is 55.6 Å². The quantitative estimate of drug-likeness (QED) is 0.152. The van der Waals surface area contributed by atoms with Gasteiger partial charge in [-0.15, -0.1) is 0 Å². The predicted molar refractivity (Wildman–Crippen MR) is 157 cm³/mol. The van der Waals surface area contributed by atoms with Gasteiger partial charge in [0.25, 0.3) is 5.91 Å². The van der Waals surface area contributed by atoms with Crippen LogP contribution in [0, 0.1) is 29.6 Å². The Morgan fingerprint density at radius 1 is 0.925 bits per heavy atom. The first-order valence-corrected chi connectivity index (χ1v) is 14.4. The number of rotatable bonds is 20. The van der Waals surface area contributed by atoms with Gasteiger partial charge in [0, 0.05) is 38.8 Å². The van der Waals surface area contributed by atoms with Gasteiger partial charge in [0.15, 0.2) is 0 Å². The summed E-state index contributed by atoms with van der Waals surface area (Å²) >= 11 is 0. The number of unbranched alkanes of at least 4 members (excludes halogenated alkanes) is 1. The number of para-hydroxylation sites is 1. The van der Waals surface area contributed by atoms with Crippen LogP contribution >= 0.6 is 0 Å². The zero-order valence-electron chi connectivity index (χ0n) is 25.2. The number of amides is 3. The minimum absolute atomic E-state index is 0.0125. The Bertz CT molecular complexity index is 910. The van der Waals surface area contributed by atoms with Crippen molar-refractivity contribution < 1.29 is 29.0 Å². The number of aliphatic hydroxyl groups is 1. The lowest BCUT2D eigenvalue weighted by atomic mass is 9.83. The van der Waals surface area contributed by atoms with Crippen LogP contribution in [0.4, 0.5) is 0 Å². The highest BCUT2D eigenvalue weighted by Crippen LogP contribution is 2.24. The van der Waals surface area contributed by atoms with Gasteiger partial charge in [0.05, 0.1) is 24.2 Å². The lowest BCUT2D eigenvalue weighted by Gasteiger charge is -2.30. The first kappa shape index (κ1) is 35.3. The first-order chi connectivity index (χ1) is 18.9. The van der Waals surface area contributed by atoms with E-state index in [4.69, 9.17) is 20.9 Å². The molecule has 0 aliphatic carbocycles. The van der Waals surface area contributed by atoms with Gasteiger partial charge >= 0.3 is 0 Å². The number of carbonyl (C=O) groups excluding carboxylic acids is 3.